The Kier molecular flexibility index (Phi) is 9.18. The summed E-state index contributed by atoms with van der Waals surface area (Å²) in [6, 6.07) is 19.0. The Hall–Kier alpha value is -3.96. The average Bonchev–Trinajstić information content (AvgIpc) is 3.60. The minimum Gasteiger partial charge on any atom is -0.349 e. The third-order valence-electron chi connectivity index (χ3n) is 11.1. The van der Waals surface area contributed by atoms with Crippen LogP contribution < -0.4 is 10.6 Å². The molecule has 8 rings (SSSR count). The third kappa shape index (κ3) is 6.87. The van der Waals surface area contributed by atoms with Crippen LogP contribution in [0.3, 0.4) is 0 Å². The molecule has 6 aliphatic heterocycles. The zero-order valence-electron chi connectivity index (χ0n) is 27.2. The summed E-state index contributed by atoms with van der Waals surface area (Å²) < 4.78 is 0. The van der Waals surface area contributed by atoms with E-state index in [1.165, 1.54) is 0 Å². The van der Waals surface area contributed by atoms with Gasteiger partial charge in [-0.3, -0.25) is 24.2 Å². The number of likely N-dealkylation sites (tertiary alicyclic amines) is 1. The highest BCUT2D eigenvalue weighted by Gasteiger charge is 2.46. The Morgan fingerprint density at radius 1 is 0.787 bits per heavy atom. The van der Waals surface area contributed by atoms with Gasteiger partial charge in [-0.1, -0.05) is 48.5 Å². The number of piperazine rings is 1. The van der Waals surface area contributed by atoms with E-state index in [1.807, 2.05) is 58.3 Å². The van der Waals surface area contributed by atoms with Crippen molar-refractivity contribution in [3.8, 4) is 0 Å². The van der Waals surface area contributed by atoms with Gasteiger partial charge in [0.25, 0.3) is 0 Å². The molecule has 6 heterocycles. The zero-order valence-corrected chi connectivity index (χ0v) is 27.2. The minimum absolute atomic E-state index is 0.00331. The van der Waals surface area contributed by atoms with Gasteiger partial charge in [0.2, 0.25) is 17.7 Å². The molecule has 6 aliphatic rings. The van der Waals surface area contributed by atoms with Crippen LogP contribution in [-0.4, -0.2) is 124 Å². The lowest BCUT2D eigenvalue weighted by atomic mass is 9.83. The molecule has 0 aliphatic carbocycles. The predicted molar refractivity (Wildman–Crippen MR) is 178 cm³/mol. The summed E-state index contributed by atoms with van der Waals surface area (Å²) in [6.07, 6.45) is 4.59. The second kappa shape index (κ2) is 13.6. The summed E-state index contributed by atoms with van der Waals surface area (Å²) in [5.74, 6) is 0.0601. The van der Waals surface area contributed by atoms with Crippen molar-refractivity contribution in [2.75, 3.05) is 57.7 Å². The third-order valence-corrected chi connectivity index (χ3v) is 11.1. The number of nitrogens with one attached hydrogen (secondary N) is 2. The maximum atomic E-state index is 14.2. The number of nitrogens with zero attached hydrogens (tertiary/aromatic N) is 5. The number of rotatable bonds is 3. The number of para-hydroxylation sites is 1. The van der Waals surface area contributed by atoms with E-state index in [4.69, 9.17) is 0 Å². The summed E-state index contributed by atoms with van der Waals surface area (Å²) in [4.78, 5) is 65.8. The van der Waals surface area contributed by atoms with Crippen LogP contribution in [-0.2, 0) is 20.9 Å². The summed E-state index contributed by atoms with van der Waals surface area (Å²) in [7, 11) is 0. The Balaban J connectivity index is 1.13. The monoisotopic (exact) mass is 641 g/mol. The van der Waals surface area contributed by atoms with Crippen molar-refractivity contribution in [2.45, 2.75) is 75.2 Å². The molecular weight excluding hydrogens is 594 g/mol. The molecule has 2 N–H and O–H groups in total. The Labute approximate surface area is 277 Å². The van der Waals surface area contributed by atoms with Gasteiger partial charge in [0.1, 0.15) is 6.04 Å². The fourth-order valence-electron chi connectivity index (χ4n) is 8.38. The normalized spacial score (nSPS) is 26.1. The number of hydrogen-bond acceptors (Lipinski definition) is 6. The molecule has 47 heavy (non-hydrogen) atoms. The topological polar surface area (TPSA) is 109 Å². The number of hydrogen-bond donors (Lipinski definition) is 2. The fraction of sp³-hybridized carbons (Fsp3) is 0.556. The van der Waals surface area contributed by atoms with E-state index in [-0.39, 0.29) is 42.3 Å². The molecule has 2 atom stereocenters. The molecule has 250 valence electrons. The van der Waals surface area contributed by atoms with Crippen molar-refractivity contribution in [2.24, 2.45) is 0 Å². The van der Waals surface area contributed by atoms with Crippen molar-refractivity contribution >= 4 is 29.4 Å². The maximum absolute atomic E-state index is 14.2. The van der Waals surface area contributed by atoms with E-state index in [1.54, 1.807) is 4.90 Å². The number of fused-ring (bicyclic) bond motifs is 4. The molecule has 0 radical (unpaired) electrons. The first-order valence-electron chi connectivity index (χ1n) is 17.4. The lowest BCUT2D eigenvalue weighted by molar-refractivity contribution is -0.145. The molecule has 6 fully saturated rings. The van der Waals surface area contributed by atoms with Crippen LogP contribution in [0, 0.1) is 0 Å². The van der Waals surface area contributed by atoms with Crippen LogP contribution in [0.25, 0.3) is 0 Å². The summed E-state index contributed by atoms with van der Waals surface area (Å²) >= 11 is 0. The van der Waals surface area contributed by atoms with Crippen LogP contribution in [0.4, 0.5) is 10.5 Å². The quantitative estimate of drug-likeness (QED) is 0.534. The SMILES string of the molecule is O=C1NC2(CCN(C(=O)Nc3ccccc3)CC2)CC(=O)N2CCN(Cc3ccccc3)[C@H](C2)C(=O)N2CCC(CC2)N2CCC[C@@H]12. The first kappa shape index (κ1) is 31.6. The zero-order chi connectivity index (χ0) is 32.4. The van der Waals surface area contributed by atoms with Crippen molar-refractivity contribution in [1.82, 2.24) is 29.8 Å². The second-order valence-corrected chi connectivity index (χ2v) is 14.0. The predicted octanol–water partition coefficient (Wildman–Crippen LogP) is 2.74. The first-order chi connectivity index (χ1) is 22.9. The first-order valence-corrected chi connectivity index (χ1v) is 17.4. The van der Waals surface area contributed by atoms with Gasteiger partial charge in [0.15, 0.2) is 0 Å². The van der Waals surface area contributed by atoms with Crippen molar-refractivity contribution in [1.29, 1.82) is 0 Å². The number of carbonyl (C=O) groups excluding carboxylic acids is 4. The van der Waals surface area contributed by atoms with Gasteiger partial charge < -0.3 is 25.3 Å². The van der Waals surface area contributed by atoms with Crippen LogP contribution >= 0.6 is 0 Å². The lowest BCUT2D eigenvalue weighted by Gasteiger charge is -2.45. The lowest BCUT2D eigenvalue weighted by Crippen LogP contribution is -2.63. The van der Waals surface area contributed by atoms with Crippen molar-refractivity contribution in [3.05, 3.63) is 66.2 Å². The van der Waals surface area contributed by atoms with E-state index in [9.17, 15) is 19.2 Å². The maximum Gasteiger partial charge on any atom is 0.321 e. The molecule has 11 heteroatoms. The van der Waals surface area contributed by atoms with Gasteiger partial charge in [0.05, 0.1) is 18.0 Å². The summed E-state index contributed by atoms with van der Waals surface area (Å²) in [5, 5.41) is 6.39. The van der Waals surface area contributed by atoms with Crippen LogP contribution in [0.15, 0.2) is 60.7 Å². The molecule has 0 unspecified atom stereocenters. The molecule has 6 saturated heterocycles. The van der Waals surface area contributed by atoms with E-state index in [0.29, 0.717) is 65.2 Å². The van der Waals surface area contributed by atoms with Crippen LogP contribution in [0.2, 0.25) is 0 Å². The van der Waals surface area contributed by atoms with Crippen molar-refractivity contribution < 1.29 is 19.2 Å². The number of anilines is 1. The second-order valence-electron chi connectivity index (χ2n) is 14.0. The van der Waals surface area contributed by atoms with Gasteiger partial charge in [-0.15, -0.1) is 0 Å². The van der Waals surface area contributed by atoms with Gasteiger partial charge >= 0.3 is 6.03 Å². The minimum atomic E-state index is -0.755. The Morgan fingerprint density at radius 3 is 2.21 bits per heavy atom. The highest BCUT2D eigenvalue weighted by Crippen LogP contribution is 2.32. The van der Waals surface area contributed by atoms with E-state index in [0.717, 1.165) is 43.5 Å². The summed E-state index contributed by atoms with van der Waals surface area (Å²) in [6.45, 7) is 5.22. The largest absolute Gasteiger partial charge is 0.349 e. The van der Waals surface area contributed by atoms with Crippen LogP contribution in [0.5, 0.6) is 0 Å². The Morgan fingerprint density at radius 2 is 1.49 bits per heavy atom. The molecule has 11 nitrogen and oxygen atoms in total. The number of benzene rings is 2. The van der Waals surface area contributed by atoms with Gasteiger partial charge in [-0.05, 0) is 62.8 Å². The molecule has 2 aromatic carbocycles. The van der Waals surface area contributed by atoms with Gasteiger partial charge in [-0.2, -0.15) is 0 Å². The number of amides is 5. The number of urea groups is 1. The smallest absolute Gasteiger partial charge is 0.321 e. The summed E-state index contributed by atoms with van der Waals surface area (Å²) in [5.41, 5.74) is 1.13. The number of piperidine rings is 2. The van der Waals surface area contributed by atoms with Crippen LogP contribution in [0.1, 0.15) is 50.5 Å². The number of carbonyl (C=O) groups is 4. The molecule has 0 aromatic heterocycles. The molecule has 0 saturated carbocycles. The molecule has 4 bridgehead atoms. The van der Waals surface area contributed by atoms with E-state index < -0.39 is 11.6 Å². The molecular formula is C36H47N7O4. The highest BCUT2D eigenvalue weighted by atomic mass is 16.2. The van der Waals surface area contributed by atoms with Crippen molar-refractivity contribution in [3.63, 3.8) is 0 Å². The average molecular weight is 642 g/mol. The van der Waals surface area contributed by atoms with E-state index >= 15 is 0 Å². The standard InChI is InChI=1S/C36H47N7O4/c44-32-24-36(15-20-40(21-16-36)35(47)37-28-10-5-2-6-11-28)38-33(45)30-12-7-17-43(30)29-13-18-39(19-14-29)34(46)31-26-42(32)23-22-41(31)25-27-8-3-1-4-9-27/h1-6,8-11,29-31H,7,12-26H2,(H,37,47)(H,38,45)/t30-,31+/m0/s1. The molecule has 1 spiro atoms. The molecule has 2 aromatic rings. The van der Waals surface area contributed by atoms with E-state index in [2.05, 4.69) is 32.6 Å². The fourth-order valence-corrected chi connectivity index (χ4v) is 8.38. The highest BCUT2D eigenvalue weighted by molar-refractivity contribution is 5.90. The van der Waals surface area contributed by atoms with Gasteiger partial charge in [-0.25, -0.2) is 4.79 Å². The van der Waals surface area contributed by atoms with Gasteiger partial charge in [0, 0.05) is 64.1 Å². The molecule has 5 amide bonds. The Bertz CT molecular complexity index is 1440.